The van der Waals surface area contributed by atoms with E-state index in [1.807, 2.05) is 0 Å². The highest BCUT2D eigenvalue weighted by molar-refractivity contribution is 6.01. The molecule has 1 aliphatic heterocycles. The zero-order valence-corrected chi connectivity index (χ0v) is 11.1. The minimum absolute atomic E-state index is 0.159. The van der Waals surface area contributed by atoms with Crippen molar-refractivity contribution >= 4 is 11.9 Å². The minimum atomic E-state index is -0.297. The van der Waals surface area contributed by atoms with E-state index in [4.69, 9.17) is 0 Å². The molecule has 0 aromatic heterocycles. The number of carbonyl (C=O) groups excluding carboxylic acids is 2. The first-order valence-corrected chi connectivity index (χ1v) is 7.54. The molecule has 4 aliphatic carbocycles. The molecule has 3 amide bonds. The summed E-state index contributed by atoms with van der Waals surface area (Å²) < 4.78 is 0. The molecule has 1 heterocycles. The van der Waals surface area contributed by atoms with E-state index in [9.17, 15) is 9.59 Å². The van der Waals surface area contributed by atoms with Crippen LogP contribution in [-0.2, 0) is 4.79 Å². The predicted molar refractivity (Wildman–Crippen MR) is 68.8 cm³/mol. The Morgan fingerprint density at radius 3 is 2.21 bits per heavy atom. The van der Waals surface area contributed by atoms with Gasteiger partial charge in [0.1, 0.15) is 6.54 Å². The number of carbonyl (C=O) groups is 2. The third kappa shape index (κ3) is 1.95. The summed E-state index contributed by atoms with van der Waals surface area (Å²) in [4.78, 5) is 22.6. The minimum Gasteiger partial charge on any atom is -0.275 e. The fourth-order valence-electron chi connectivity index (χ4n) is 5.16. The van der Waals surface area contributed by atoms with Crippen LogP contribution in [0.3, 0.4) is 0 Å². The van der Waals surface area contributed by atoms with Crippen LogP contribution < -0.4 is 10.7 Å². The number of rotatable bonds is 3. The molecule has 2 N–H and O–H groups in total. The molecule has 0 aromatic rings. The molecule has 104 valence electrons. The molecule has 0 atom stereocenters. The molecule has 4 bridgehead atoms. The standard InChI is InChI=1S/C14H21N3O2/c18-13-7-17(14(19)16-13)15-6-12-10-2-8-1-9(4-10)5-11(12)3-8/h8-12,15H,1-7H2,(H,16,18,19). The van der Waals surface area contributed by atoms with E-state index in [1.54, 1.807) is 0 Å². The summed E-state index contributed by atoms with van der Waals surface area (Å²) >= 11 is 0. The Labute approximate surface area is 113 Å². The highest BCUT2D eigenvalue weighted by Crippen LogP contribution is 2.56. The van der Waals surface area contributed by atoms with Crippen molar-refractivity contribution in [1.82, 2.24) is 15.8 Å². The molecule has 5 fully saturated rings. The average Bonchev–Trinajstić information content (AvgIpc) is 2.66. The van der Waals surface area contributed by atoms with Gasteiger partial charge in [0.15, 0.2) is 0 Å². The maximum absolute atomic E-state index is 11.5. The van der Waals surface area contributed by atoms with Gasteiger partial charge in [-0.25, -0.2) is 15.2 Å². The highest BCUT2D eigenvalue weighted by Gasteiger charge is 2.48. The van der Waals surface area contributed by atoms with E-state index >= 15 is 0 Å². The average molecular weight is 263 g/mol. The molecule has 5 heteroatoms. The van der Waals surface area contributed by atoms with Crippen molar-refractivity contribution in [2.24, 2.45) is 29.6 Å². The summed E-state index contributed by atoms with van der Waals surface area (Å²) in [6.07, 6.45) is 7.04. The number of hydrazine groups is 1. The summed E-state index contributed by atoms with van der Waals surface area (Å²) in [6.45, 7) is 1.02. The van der Waals surface area contributed by atoms with Crippen LogP contribution in [0.5, 0.6) is 0 Å². The lowest BCUT2D eigenvalue weighted by molar-refractivity contribution is -0.118. The summed E-state index contributed by atoms with van der Waals surface area (Å²) in [5.41, 5.74) is 3.19. The molecule has 19 heavy (non-hydrogen) atoms. The van der Waals surface area contributed by atoms with Gasteiger partial charge in [0.05, 0.1) is 0 Å². The molecule has 4 saturated carbocycles. The Hall–Kier alpha value is -1.10. The molecular formula is C14H21N3O2. The lowest BCUT2D eigenvalue weighted by atomic mass is 9.52. The van der Waals surface area contributed by atoms with Gasteiger partial charge in [-0.1, -0.05) is 0 Å². The smallest absolute Gasteiger partial charge is 0.275 e. The normalized spacial score (nSPS) is 44.0. The van der Waals surface area contributed by atoms with Crippen molar-refractivity contribution in [3.63, 3.8) is 0 Å². The van der Waals surface area contributed by atoms with E-state index in [-0.39, 0.29) is 18.5 Å². The van der Waals surface area contributed by atoms with Crippen LogP contribution in [0.1, 0.15) is 32.1 Å². The summed E-state index contributed by atoms with van der Waals surface area (Å²) in [7, 11) is 0. The van der Waals surface area contributed by atoms with Crippen molar-refractivity contribution in [1.29, 1.82) is 0 Å². The van der Waals surface area contributed by atoms with Gasteiger partial charge in [-0.2, -0.15) is 0 Å². The zero-order valence-electron chi connectivity index (χ0n) is 11.1. The van der Waals surface area contributed by atoms with Crippen LogP contribution in [0.4, 0.5) is 4.79 Å². The van der Waals surface area contributed by atoms with Crippen LogP contribution in [-0.4, -0.2) is 30.0 Å². The maximum atomic E-state index is 11.5. The van der Waals surface area contributed by atoms with E-state index < -0.39 is 0 Å². The topological polar surface area (TPSA) is 61.4 Å². The molecule has 0 aromatic carbocycles. The first kappa shape index (κ1) is 11.7. The Kier molecular flexibility index (Phi) is 2.59. The second kappa shape index (κ2) is 4.20. The van der Waals surface area contributed by atoms with Gasteiger partial charge in [0.25, 0.3) is 0 Å². The van der Waals surface area contributed by atoms with Gasteiger partial charge >= 0.3 is 6.03 Å². The number of imide groups is 1. The van der Waals surface area contributed by atoms with Crippen molar-refractivity contribution in [2.75, 3.05) is 13.1 Å². The molecule has 0 radical (unpaired) electrons. The van der Waals surface area contributed by atoms with Gasteiger partial charge in [0.2, 0.25) is 5.91 Å². The van der Waals surface area contributed by atoms with E-state index in [1.165, 1.54) is 37.1 Å². The van der Waals surface area contributed by atoms with E-state index in [0.717, 1.165) is 30.2 Å². The van der Waals surface area contributed by atoms with Crippen molar-refractivity contribution < 1.29 is 9.59 Å². The molecule has 1 saturated heterocycles. The zero-order chi connectivity index (χ0) is 13.0. The van der Waals surface area contributed by atoms with E-state index in [2.05, 4.69) is 10.7 Å². The molecule has 0 unspecified atom stereocenters. The molecule has 5 aliphatic rings. The number of nitrogens with zero attached hydrogens (tertiary/aromatic N) is 1. The maximum Gasteiger partial charge on any atom is 0.338 e. The Morgan fingerprint density at radius 2 is 1.68 bits per heavy atom. The Morgan fingerprint density at radius 1 is 1.05 bits per heavy atom. The second-order valence-electron chi connectivity index (χ2n) is 6.90. The summed E-state index contributed by atoms with van der Waals surface area (Å²) in [5.74, 6) is 4.17. The lowest BCUT2D eigenvalue weighted by Crippen LogP contribution is -2.51. The lowest BCUT2D eigenvalue weighted by Gasteiger charge is -2.54. The number of hydrogen-bond donors (Lipinski definition) is 2. The quantitative estimate of drug-likeness (QED) is 0.750. The SMILES string of the molecule is O=C1CN(NCC2C3CC4CC(C3)CC2C4)C(=O)N1. The molecule has 5 rings (SSSR count). The monoisotopic (exact) mass is 263 g/mol. The van der Waals surface area contributed by atoms with Crippen LogP contribution in [0.2, 0.25) is 0 Å². The van der Waals surface area contributed by atoms with Gasteiger partial charge in [0, 0.05) is 6.54 Å². The third-order valence-corrected chi connectivity index (χ3v) is 5.73. The van der Waals surface area contributed by atoms with Crippen molar-refractivity contribution in [3.8, 4) is 0 Å². The number of urea groups is 1. The third-order valence-electron chi connectivity index (χ3n) is 5.73. The molecule has 0 spiro atoms. The predicted octanol–water partition coefficient (Wildman–Crippen LogP) is 1.12. The van der Waals surface area contributed by atoms with Crippen LogP contribution in [0.15, 0.2) is 0 Å². The van der Waals surface area contributed by atoms with Crippen LogP contribution in [0.25, 0.3) is 0 Å². The number of nitrogens with one attached hydrogen (secondary N) is 2. The highest BCUT2D eigenvalue weighted by atomic mass is 16.2. The van der Waals surface area contributed by atoms with Crippen molar-refractivity contribution in [3.05, 3.63) is 0 Å². The second-order valence-corrected chi connectivity index (χ2v) is 6.90. The van der Waals surface area contributed by atoms with Gasteiger partial charge in [-0.3, -0.25) is 10.1 Å². The van der Waals surface area contributed by atoms with Crippen molar-refractivity contribution in [2.45, 2.75) is 32.1 Å². The largest absolute Gasteiger partial charge is 0.338 e. The molecule has 5 nitrogen and oxygen atoms in total. The van der Waals surface area contributed by atoms with E-state index in [0.29, 0.717) is 5.92 Å². The first-order valence-electron chi connectivity index (χ1n) is 7.54. The fraction of sp³-hybridized carbons (Fsp3) is 0.857. The summed E-state index contributed by atoms with van der Waals surface area (Å²) in [5, 5.41) is 3.74. The number of amides is 3. The Balaban J connectivity index is 1.38. The van der Waals surface area contributed by atoms with Gasteiger partial charge in [-0.05, 0) is 61.7 Å². The Bertz CT molecular complexity index is 395. The van der Waals surface area contributed by atoms with Gasteiger partial charge in [-0.15, -0.1) is 0 Å². The first-order chi connectivity index (χ1) is 9.19. The van der Waals surface area contributed by atoms with Crippen LogP contribution >= 0.6 is 0 Å². The fourth-order valence-corrected chi connectivity index (χ4v) is 5.16. The van der Waals surface area contributed by atoms with Gasteiger partial charge < -0.3 is 0 Å². The molecular weight excluding hydrogens is 242 g/mol. The summed E-state index contributed by atoms with van der Waals surface area (Å²) in [6, 6.07) is -0.297. The number of hydrogen-bond acceptors (Lipinski definition) is 3. The van der Waals surface area contributed by atoms with Crippen LogP contribution in [0, 0.1) is 29.6 Å².